The van der Waals surface area contributed by atoms with Gasteiger partial charge < -0.3 is 19.5 Å². The third-order valence-corrected chi connectivity index (χ3v) is 4.91. The van der Waals surface area contributed by atoms with Crippen LogP contribution in [-0.4, -0.2) is 47.7 Å². The fourth-order valence-corrected chi connectivity index (χ4v) is 3.29. The van der Waals surface area contributed by atoms with Crippen molar-refractivity contribution in [2.24, 2.45) is 0 Å². The van der Waals surface area contributed by atoms with Crippen LogP contribution in [0.2, 0.25) is 0 Å². The number of amides is 1. The summed E-state index contributed by atoms with van der Waals surface area (Å²) < 4.78 is 41.8. The van der Waals surface area contributed by atoms with E-state index in [1.54, 1.807) is 30.3 Å². The molecule has 9 nitrogen and oxygen atoms in total. The summed E-state index contributed by atoms with van der Waals surface area (Å²) in [6.07, 6.45) is 0. The number of benzene rings is 2. The number of esters is 1. The van der Waals surface area contributed by atoms with Crippen LogP contribution in [0.3, 0.4) is 0 Å². The average molecular weight is 408 g/mol. The Hall–Kier alpha value is -3.11. The molecule has 2 N–H and O–H groups in total. The highest BCUT2D eigenvalue weighted by Gasteiger charge is 2.22. The van der Waals surface area contributed by atoms with E-state index in [-0.39, 0.29) is 10.6 Å². The second-order valence-electron chi connectivity index (χ2n) is 5.42. The van der Waals surface area contributed by atoms with Crippen molar-refractivity contribution >= 4 is 27.6 Å². The number of sulfonamides is 1. The largest absolute Gasteiger partial charge is 0.497 e. The Morgan fingerprint density at radius 3 is 2.36 bits per heavy atom. The lowest BCUT2D eigenvalue weighted by Crippen LogP contribution is -2.32. The van der Waals surface area contributed by atoms with Gasteiger partial charge in [0.25, 0.3) is 5.91 Å². The van der Waals surface area contributed by atoms with Gasteiger partial charge in [0, 0.05) is 11.8 Å². The highest BCUT2D eigenvalue weighted by atomic mass is 32.2. The van der Waals surface area contributed by atoms with Crippen LogP contribution in [0.5, 0.6) is 11.5 Å². The van der Waals surface area contributed by atoms with Crippen LogP contribution >= 0.6 is 0 Å². The number of hydrogen-bond acceptors (Lipinski definition) is 7. The minimum Gasteiger partial charge on any atom is -0.497 e. The highest BCUT2D eigenvalue weighted by molar-refractivity contribution is 7.89. The average Bonchev–Trinajstić information content (AvgIpc) is 2.71. The molecule has 150 valence electrons. The van der Waals surface area contributed by atoms with Gasteiger partial charge in [-0.25, -0.2) is 8.42 Å². The van der Waals surface area contributed by atoms with Gasteiger partial charge in [0.05, 0.1) is 14.2 Å². The first-order chi connectivity index (χ1) is 13.4. The molecule has 0 aliphatic rings. The third-order valence-electron chi connectivity index (χ3n) is 3.49. The molecule has 1 amide bonds. The summed E-state index contributed by atoms with van der Waals surface area (Å²) in [5.74, 6) is -1.06. The number of para-hydroxylation sites is 1. The van der Waals surface area contributed by atoms with Gasteiger partial charge in [0.2, 0.25) is 10.0 Å². The number of methoxy groups -OCH3 is 2. The second kappa shape index (κ2) is 9.72. The van der Waals surface area contributed by atoms with E-state index < -0.39 is 35.1 Å². The lowest BCUT2D eigenvalue weighted by Gasteiger charge is -2.12. The number of carbonyl (C=O) groups is 2. The molecule has 0 saturated heterocycles. The Bertz CT molecular complexity index is 930. The van der Waals surface area contributed by atoms with Crippen molar-refractivity contribution in [2.75, 3.05) is 32.7 Å². The number of nitrogens with one attached hydrogen (secondary N) is 2. The molecule has 2 aromatic carbocycles. The first kappa shape index (κ1) is 21.2. The Balaban J connectivity index is 1.90. The predicted molar refractivity (Wildman–Crippen MR) is 101 cm³/mol. The maximum absolute atomic E-state index is 12.4. The van der Waals surface area contributed by atoms with E-state index in [9.17, 15) is 18.0 Å². The fourth-order valence-electron chi connectivity index (χ4n) is 2.14. The molecule has 28 heavy (non-hydrogen) atoms. The van der Waals surface area contributed by atoms with E-state index in [1.807, 2.05) is 0 Å². The summed E-state index contributed by atoms with van der Waals surface area (Å²) in [6, 6.07) is 12.9. The number of rotatable bonds is 9. The van der Waals surface area contributed by atoms with E-state index in [0.29, 0.717) is 11.4 Å². The third kappa shape index (κ3) is 5.96. The van der Waals surface area contributed by atoms with Gasteiger partial charge in [0.15, 0.2) is 6.61 Å². The molecule has 0 unspecified atom stereocenters. The molecule has 10 heteroatoms. The van der Waals surface area contributed by atoms with Crippen molar-refractivity contribution in [1.82, 2.24) is 4.72 Å². The Labute approximate surface area is 162 Å². The number of anilines is 1. The van der Waals surface area contributed by atoms with E-state index >= 15 is 0 Å². The molecule has 0 radical (unpaired) electrons. The summed E-state index contributed by atoms with van der Waals surface area (Å²) in [5, 5.41) is 2.54. The minimum absolute atomic E-state index is 0.0870. The van der Waals surface area contributed by atoms with E-state index in [0.717, 1.165) is 0 Å². The van der Waals surface area contributed by atoms with Crippen LogP contribution in [0.15, 0.2) is 53.4 Å². The number of carbonyl (C=O) groups excluding carboxylic acids is 2. The Morgan fingerprint density at radius 2 is 1.71 bits per heavy atom. The zero-order valence-electron chi connectivity index (χ0n) is 15.3. The summed E-state index contributed by atoms with van der Waals surface area (Å²) in [7, 11) is -1.36. The lowest BCUT2D eigenvalue weighted by atomic mass is 10.3. The van der Waals surface area contributed by atoms with Crippen LogP contribution in [0.4, 0.5) is 5.69 Å². The van der Waals surface area contributed by atoms with Gasteiger partial charge in [0.1, 0.15) is 22.9 Å². The number of hydrogen-bond donors (Lipinski definition) is 2. The Morgan fingerprint density at radius 1 is 1.00 bits per heavy atom. The van der Waals surface area contributed by atoms with Crippen LogP contribution in [-0.2, 0) is 24.3 Å². The molecular weight excluding hydrogens is 388 g/mol. The van der Waals surface area contributed by atoms with Crippen LogP contribution in [0.25, 0.3) is 0 Å². The van der Waals surface area contributed by atoms with Crippen molar-refractivity contribution in [3.05, 3.63) is 48.5 Å². The topological polar surface area (TPSA) is 120 Å². The first-order valence-corrected chi connectivity index (χ1v) is 9.56. The summed E-state index contributed by atoms with van der Waals surface area (Å²) >= 11 is 0. The van der Waals surface area contributed by atoms with Crippen LogP contribution in [0, 0.1) is 0 Å². The van der Waals surface area contributed by atoms with Gasteiger partial charge in [-0.15, -0.1) is 0 Å². The minimum atomic E-state index is -4.07. The molecule has 2 rings (SSSR count). The predicted octanol–water partition coefficient (Wildman–Crippen LogP) is 1.16. The van der Waals surface area contributed by atoms with Gasteiger partial charge in [-0.2, -0.15) is 4.72 Å². The molecule has 0 aliphatic carbocycles. The maximum Gasteiger partial charge on any atom is 0.321 e. The normalized spacial score (nSPS) is 10.8. The van der Waals surface area contributed by atoms with E-state index in [1.165, 1.54) is 32.4 Å². The molecule has 0 saturated carbocycles. The fraction of sp³-hybridized carbons (Fsp3) is 0.222. The van der Waals surface area contributed by atoms with Crippen molar-refractivity contribution in [3.63, 3.8) is 0 Å². The van der Waals surface area contributed by atoms with Crippen molar-refractivity contribution in [3.8, 4) is 11.5 Å². The monoisotopic (exact) mass is 408 g/mol. The van der Waals surface area contributed by atoms with Gasteiger partial charge in [-0.1, -0.05) is 18.2 Å². The molecule has 0 spiro atoms. The van der Waals surface area contributed by atoms with Gasteiger partial charge in [-0.05, 0) is 24.3 Å². The summed E-state index contributed by atoms with van der Waals surface area (Å²) in [6.45, 7) is -1.20. The molecule has 0 heterocycles. The van der Waals surface area contributed by atoms with Gasteiger partial charge >= 0.3 is 5.97 Å². The van der Waals surface area contributed by atoms with Crippen molar-refractivity contribution in [1.29, 1.82) is 0 Å². The summed E-state index contributed by atoms with van der Waals surface area (Å²) in [4.78, 5) is 23.3. The van der Waals surface area contributed by atoms with Crippen molar-refractivity contribution in [2.45, 2.75) is 4.90 Å². The highest BCUT2D eigenvalue weighted by Crippen LogP contribution is 2.27. The zero-order valence-corrected chi connectivity index (χ0v) is 16.1. The Kier molecular flexibility index (Phi) is 7.36. The second-order valence-corrected chi connectivity index (χ2v) is 7.15. The number of ether oxygens (including phenoxy) is 3. The maximum atomic E-state index is 12.4. The summed E-state index contributed by atoms with van der Waals surface area (Å²) in [5.41, 5.74) is 0.550. The van der Waals surface area contributed by atoms with Gasteiger partial charge in [-0.3, -0.25) is 9.59 Å². The molecule has 2 aromatic rings. The molecular formula is C18H20N2O7S. The van der Waals surface area contributed by atoms with Crippen molar-refractivity contribution < 1.29 is 32.2 Å². The SMILES string of the molecule is COc1ccc(OC)c(S(=O)(=O)NCC(=O)OCC(=O)Nc2ccccc2)c1. The van der Waals surface area contributed by atoms with Crippen LogP contribution < -0.4 is 19.5 Å². The first-order valence-electron chi connectivity index (χ1n) is 8.08. The standard InChI is InChI=1S/C18H20N2O7S/c1-25-14-8-9-15(26-2)16(10-14)28(23,24)19-11-18(22)27-12-17(21)20-13-6-4-3-5-7-13/h3-10,19H,11-12H2,1-2H3,(H,20,21). The van der Waals surface area contributed by atoms with E-state index in [2.05, 4.69) is 10.0 Å². The lowest BCUT2D eigenvalue weighted by molar-refractivity contribution is -0.146. The molecule has 0 atom stereocenters. The molecule has 0 bridgehead atoms. The quantitative estimate of drug-likeness (QED) is 0.598. The molecule has 0 aliphatic heterocycles. The molecule has 0 aromatic heterocycles. The zero-order chi connectivity index (χ0) is 20.6. The van der Waals surface area contributed by atoms with Crippen LogP contribution in [0.1, 0.15) is 0 Å². The molecule has 0 fully saturated rings. The van der Waals surface area contributed by atoms with E-state index in [4.69, 9.17) is 14.2 Å². The smallest absolute Gasteiger partial charge is 0.321 e.